The van der Waals surface area contributed by atoms with E-state index in [-0.39, 0.29) is 11.8 Å². The molecule has 8 nitrogen and oxygen atoms in total. The van der Waals surface area contributed by atoms with E-state index in [4.69, 9.17) is 0 Å². The van der Waals surface area contributed by atoms with Crippen molar-refractivity contribution in [1.82, 2.24) is 34.8 Å². The number of amides is 1. The number of hydrogen-bond donors (Lipinski definition) is 1. The van der Waals surface area contributed by atoms with Crippen LogP contribution in [0, 0.1) is 13.8 Å². The lowest BCUT2D eigenvalue weighted by Crippen LogP contribution is -2.28. The van der Waals surface area contributed by atoms with Gasteiger partial charge in [0.15, 0.2) is 5.82 Å². The van der Waals surface area contributed by atoms with Crippen molar-refractivity contribution in [2.24, 2.45) is 0 Å². The lowest BCUT2D eigenvalue weighted by molar-refractivity contribution is 0.0790. The fraction of sp³-hybridized carbons (Fsp3) is 0.250. The van der Waals surface area contributed by atoms with Gasteiger partial charge in [-0.3, -0.25) is 24.7 Å². The van der Waals surface area contributed by atoms with Crippen LogP contribution in [0.4, 0.5) is 0 Å². The molecular formula is C24H23N7O. The number of nitrogens with one attached hydrogen (secondary N) is 1. The molecule has 0 bridgehead atoms. The molecule has 1 aliphatic heterocycles. The van der Waals surface area contributed by atoms with Gasteiger partial charge in [0.05, 0.1) is 17.0 Å². The topological polar surface area (TPSA) is 101 Å². The van der Waals surface area contributed by atoms with Crippen molar-refractivity contribution in [3.63, 3.8) is 0 Å². The first-order valence-electron chi connectivity index (χ1n) is 10.6. The Morgan fingerprint density at radius 3 is 2.72 bits per heavy atom. The van der Waals surface area contributed by atoms with Crippen molar-refractivity contribution in [3.05, 3.63) is 78.0 Å². The second kappa shape index (κ2) is 8.30. The molecule has 1 saturated heterocycles. The Morgan fingerprint density at radius 1 is 1.03 bits per heavy atom. The molecule has 1 fully saturated rings. The third kappa shape index (κ3) is 3.87. The van der Waals surface area contributed by atoms with Crippen LogP contribution in [0.5, 0.6) is 0 Å². The molecule has 4 aromatic rings. The molecule has 4 aromatic heterocycles. The predicted octanol–water partition coefficient (Wildman–Crippen LogP) is 3.57. The lowest BCUT2D eigenvalue weighted by Gasteiger charge is -2.16. The van der Waals surface area contributed by atoms with Crippen molar-refractivity contribution in [2.75, 3.05) is 13.1 Å². The minimum atomic E-state index is -0.0164. The maximum atomic E-state index is 13.2. The Bertz CT molecular complexity index is 1250. The summed E-state index contributed by atoms with van der Waals surface area (Å²) in [5.41, 5.74) is 6.03. The van der Waals surface area contributed by atoms with Crippen LogP contribution in [0.3, 0.4) is 0 Å². The molecule has 1 unspecified atom stereocenters. The minimum Gasteiger partial charge on any atom is -0.341 e. The number of hydrogen-bond acceptors (Lipinski definition) is 6. The van der Waals surface area contributed by atoms with E-state index in [0.717, 1.165) is 46.1 Å². The van der Waals surface area contributed by atoms with Crippen LogP contribution in [-0.2, 0) is 0 Å². The predicted molar refractivity (Wildman–Crippen MR) is 120 cm³/mol. The Hall–Kier alpha value is -3.94. The number of H-pyrrole nitrogens is 1. The molecule has 32 heavy (non-hydrogen) atoms. The number of rotatable bonds is 4. The van der Waals surface area contributed by atoms with Crippen molar-refractivity contribution in [2.45, 2.75) is 26.2 Å². The highest BCUT2D eigenvalue weighted by molar-refractivity contribution is 5.95. The standard InChI is InChI=1S/C24H23N7O/c1-15-16(2)30-23(29-15)21-10-17(3-5-27-21)19-9-20(12-26-11-19)24(32)31-8-4-18(14-31)22-13-25-6-7-28-22/h3,5-7,9-13,18H,4,8,14H2,1-2H3,(H,29,30). The molecule has 160 valence electrons. The van der Waals surface area contributed by atoms with Crippen molar-refractivity contribution < 1.29 is 4.79 Å². The molecule has 5 heterocycles. The van der Waals surface area contributed by atoms with E-state index in [9.17, 15) is 4.79 Å². The number of aromatic nitrogens is 6. The molecular weight excluding hydrogens is 402 g/mol. The fourth-order valence-corrected chi connectivity index (χ4v) is 4.01. The highest BCUT2D eigenvalue weighted by atomic mass is 16.2. The Morgan fingerprint density at radius 2 is 1.94 bits per heavy atom. The average Bonchev–Trinajstić information content (AvgIpc) is 3.46. The number of carbonyl (C=O) groups excluding carboxylic acids is 1. The highest BCUT2D eigenvalue weighted by Gasteiger charge is 2.29. The Labute approximate surface area is 185 Å². The van der Waals surface area contributed by atoms with E-state index in [1.54, 1.807) is 37.2 Å². The summed E-state index contributed by atoms with van der Waals surface area (Å²) in [6, 6.07) is 5.77. The summed E-state index contributed by atoms with van der Waals surface area (Å²) in [5.74, 6) is 0.929. The summed E-state index contributed by atoms with van der Waals surface area (Å²) in [4.78, 5) is 40.2. The van der Waals surface area contributed by atoms with E-state index >= 15 is 0 Å². The van der Waals surface area contributed by atoms with Crippen LogP contribution < -0.4 is 0 Å². The van der Waals surface area contributed by atoms with Crippen LogP contribution >= 0.6 is 0 Å². The first kappa shape index (κ1) is 20.0. The molecule has 0 saturated carbocycles. The van der Waals surface area contributed by atoms with E-state index in [2.05, 4.69) is 29.9 Å². The molecule has 1 aliphatic rings. The zero-order chi connectivity index (χ0) is 22.1. The largest absolute Gasteiger partial charge is 0.341 e. The third-order valence-electron chi connectivity index (χ3n) is 5.93. The molecule has 0 aliphatic carbocycles. The van der Waals surface area contributed by atoms with Gasteiger partial charge in [0.25, 0.3) is 5.91 Å². The van der Waals surface area contributed by atoms with Gasteiger partial charge in [-0.15, -0.1) is 0 Å². The maximum absolute atomic E-state index is 13.2. The van der Waals surface area contributed by atoms with Crippen LogP contribution in [-0.4, -0.2) is 53.8 Å². The molecule has 1 N–H and O–H groups in total. The number of likely N-dealkylation sites (tertiary alicyclic amines) is 1. The van der Waals surface area contributed by atoms with Crippen LogP contribution in [0.2, 0.25) is 0 Å². The Kier molecular flexibility index (Phi) is 5.18. The maximum Gasteiger partial charge on any atom is 0.255 e. The van der Waals surface area contributed by atoms with E-state index in [1.807, 2.05) is 36.9 Å². The normalized spacial score (nSPS) is 15.8. The first-order valence-corrected chi connectivity index (χ1v) is 10.6. The van der Waals surface area contributed by atoms with Crippen molar-refractivity contribution >= 4 is 5.91 Å². The number of nitrogens with zero attached hydrogens (tertiary/aromatic N) is 6. The smallest absolute Gasteiger partial charge is 0.255 e. The van der Waals surface area contributed by atoms with Gasteiger partial charge in [0, 0.05) is 67.4 Å². The molecule has 0 spiro atoms. The minimum absolute atomic E-state index is 0.0164. The summed E-state index contributed by atoms with van der Waals surface area (Å²) < 4.78 is 0. The highest BCUT2D eigenvalue weighted by Crippen LogP contribution is 2.28. The van der Waals surface area contributed by atoms with Gasteiger partial charge < -0.3 is 9.88 Å². The Balaban J connectivity index is 1.37. The average molecular weight is 425 g/mol. The van der Waals surface area contributed by atoms with E-state index < -0.39 is 0 Å². The summed E-state index contributed by atoms with van der Waals surface area (Å²) in [5, 5.41) is 0. The van der Waals surface area contributed by atoms with E-state index in [1.165, 1.54) is 0 Å². The molecule has 8 heteroatoms. The van der Waals surface area contributed by atoms with Gasteiger partial charge in [-0.05, 0) is 44.0 Å². The fourth-order valence-electron chi connectivity index (χ4n) is 4.01. The summed E-state index contributed by atoms with van der Waals surface area (Å²) >= 11 is 0. The summed E-state index contributed by atoms with van der Waals surface area (Å²) in [6.07, 6.45) is 11.2. The number of carbonyl (C=O) groups is 1. The molecule has 0 aromatic carbocycles. The number of aryl methyl sites for hydroxylation is 2. The summed E-state index contributed by atoms with van der Waals surface area (Å²) in [6.45, 7) is 5.28. The second-order valence-corrected chi connectivity index (χ2v) is 8.05. The lowest BCUT2D eigenvalue weighted by atomic mass is 10.1. The monoisotopic (exact) mass is 425 g/mol. The summed E-state index contributed by atoms with van der Waals surface area (Å²) in [7, 11) is 0. The second-order valence-electron chi connectivity index (χ2n) is 8.05. The van der Waals surface area contributed by atoms with Crippen molar-refractivity contribution in [1.29, 1.82) is 0 Å². The quantitative estimate of drug-likeness (QED) is 0.536. The van der Waals surface area contributed by atoms with Gasteiger partial charge in [-0.1, -0.05) is 0 Å². The molecule has 5 rings (SSSR count). The van der Waals surface area contributed by atoms with Crippen molar-refractivity contribution in [3.8, 4) is 22.6 Å². The van der Waals surface area contributed by atoms with Crippen LogP contribution in [0.1, 0.15) is 39.8 Å². The zero-order valence-corrected chi connectivity index (χ0v) is 18.0. The van der Waals surface area contributed by atoms with Crippen LogP contribution in [0.15, 0.2) is 55.4 Å². The number of aromatic amines is 1. The number of pyridine rings is 2. The molecule has 1 atom stereocenters. The van der Waals surface area contributed by atoms with E-state index in [0.29, 0.717) is 18.7 Å². The SMILES string of the molecule is Cc1nc(-c2cc(-c3cncc(C(=O)N4CCC(c5cnccn5)C4)c3)ccn2)[nH]c1C. The molecule has 1 amide bonds. The zero-order valence-electron chi connectivity index (χ0n) is 18.0. The molecule has 0 radical (unpaired) electrons. The van der Waals surface area contributed by atoms with Gasteiger partial charge in [-0.25, -0.2) is 4.98 Å². The van der Waals surface area contributed by atoms with Gasteiger partial charge in [-0.2, -0.15) is 0 Å². The van der Waals surface area contributed by atoms with Gasteiger partial charge in [0.2, 0.25) is 0 Å². The van der Waals surface area contributed by atoms with Gasteiger partial charge in [0.1, 0.15) is 5.69 Å². The van der Waals surface area contributed by atoms with Crippen LogP contribution in [0.25, 0.3) is 22.6 Å². The third-order valence-corrected chi connectivity index (χ3v) is 5.93. The number of imidazole rings is 1. The first-order chi connectivity index (χ1) is 15.6. The van der Waals surface area contributed by atoms with Gasteiger partial charge >= 0.3 is 0 Å².